The summed E-state index contributed by atoms with van der Waals surface area (Å²) in [5.41, 5.74) is 2.19. The number of amides is 2. The van der Waals surface area contributed by atoms with Gasteiger partial charge in [0.05, 0.1) is 6.42 Å². The fraction of sp³-hybridized carbons (Fsp3) is 0.364. The topological polar surface area (TPSA) is 58.6 Å². The Morgan fingerprint density at radius 3 is 2.37 bits per heavy atom. The summed E-state index contributed by atoms with van der Waals surface area (Å²) < 4.78 is 5.51. The van der Waals surface area contributed by atoms with Gasteiger partial charge in [-0.05, 0) is 37.5 Å². The largest absolute Gasteiger partial charge is 0.484 e. The Kier molecular flexibility index (Phi) is 6.47. The number of aryl methyl sites for hydroxylation is 1. The van der Waals surface area contributed by atoms with Crippen molar-refractivity contribution in [2.45, 2.75) is 32.2 Å². The molecular formula is C22H26N2O3. The Balaban J connectivity index is 1.38. The van der Waals surface area contributed by atoms with E-state index in [1.165, 1.54) is 0 Å². The van der Waals surface area contributed by atoms with Crippen molar-refractivity contribution in [3.8, 4) is 5.75 Å². The summed E-state index contributed by atoms with van der Waals surface area (Å²) in [6, 6.07) is 17.5. The van der Waals surface area contributed by atoms with E-state index in [9.17, 15) is 9.59 Å². The number of ether oxygens (including phenoxy) is 1. The van der Waals surface area contributed by atoms with Gasteiger partial charge in [-0.2, -0.15) is 0 Å². The van der Waals surface area contributed by atoms with E-state index in [1.807, 2.05) is 66.4 Å². The highest BCUT2D eigenvalue weighted by Gasteiger charge is 2.23. The number of rotatable bonds is 6. The third-order valence-electron chi connectivity index (χ3n) is 4.80. The molecule has 0 spiro atoms. The summed E-state index contributed by atoms with van der Waals surface area (Å²) in [6.45, 7) is 3.37. The highest BCUT2D eigenvalue weighted by molar-refractivity contribution is 5.79. The van der Waals surface area contributed by atoms with Crippen LogP contribution in [0, 0.1) is 6.92 Å². The molecule has 5 nitrogen and oxygen atoms in total. The summed E-state index contributed by atoms with van der Waals surface area (Å²) in [4.78, 5) is 26.4. The lowest BCUT2D eigenvalue weighted by atomic mass is 10.0. The zero-order valence-electron chi connectivity index (χ0n) is 15.7. The van der Waals surface area contributed by atoms with Crippen molar-refractivity contribution in [2.75, 3.05) is 19.7 Å². The Morgan fingerprint density at radius 1 is 1.04 bits per heavy atom. The van der Waals surface area contributed by atoms with E-state index < -0.39 is 0 Å². The Bertz CT molecular complexity index is 751. The minimum Gasteiger partial charge on any atom is -0.484 e. The quantitative estimate of drug-likeness (QED) is 0.855. The maximum Gasteiger partial charge on any atom is 0.258 e. The first-order valence-corrected chi connectivity index (χ1v) is 9.40. The number of carbonyl (C=O) groups is 2. The molecule has 0 aliphatic carbocycles. The van der Waals surface area contributed by atoms with Gasteiger partial charge in [-0.15, -0.1) is 0 Å². The lowest BCUT2D eigenvalue weighted by Crippen LogP contribution is -2.47. The van der Waals surface area contributed by atoms with Crippen LogP contribution in [0.4, 0.5) is 0 Å². The number of hydrogen-bond donors (Lipinski definition) is 1. The van der Waals surface area contributed by atoms with Crippen LogP contribution in [0.15, 0.2) is 54.6 Å². The third-order valence-corrected chi connectivity index (χ3v) is 4.80. The lowest BCUT2D eigenvalue weighted by molar-refractivity contribution is -0.131. The molecule has 3 rings (SSSR count). The number of carbonyl (C=O) groups excluding carboxylic acids is 2. The fourth-order valence-electron chi connectivity index (χ4n) is 3.21. The van der Waals surface area contributed by atoms with E-state index in [0.717, 1.165) is 24.0 Å². The van der Waals surface area contributed by atoms with Gasteiger partial charge in [0.2, 0.25) is 5.91 Å². The molecule has 0 aromatic heterocycles. The number of nitrogens with zero attached hydrogens (tertiary/aromatic N) is 1. The van der Waals surface area contributed by atoms with E-state index in [2.05, 4.69) is 5.32 Å². The molecule has 2 amide bonds. The van der Waals surface area contributed by atoms with Crippen LogP contribution in [0.25, 0.3) is 0 Å². The first-order valence-electron chi connectivity index (χ1n) is 9.40. The van der Waals surface area contributed by atoms with Gasteiger partial charge < -0.3 is 15.0 Å². The van der Waals surface area contributed by atoms with Crippen molar-refractivity contribution in [3.05, 3.63) is 65.7 Å². The minimum atomic E-state index is -0.121. The standard InChI is InChI=1S/C22H26N2O3/c1-17-7-9-20(10-8-17)27-16-21(25)23-19-11-13-24(14-12-19)22(26)15-18-5-3-2-4-6-18/h2-10,19H,11-16H2,1H3,(H,23,25). The molecule has 1 aliphatic rings. The van der Waals surface area contributed by atoms with Crippen molar-refractivity contribution in [1.29, 1.82) is 0 Å². The van der Waals surface area contributed by atoms with Crippen molar-refractivity contribution in [2.24, 2.45) is 0 Å². The normalized spacial score (nSPS) is 14.6. The second kappa shape index (κ2) is 9.21. The Morgan fingerprint density at radius 2 is 1.70 bits per heavy atom. The minimum absolute atomic E-state index is 0.0101. The van der Waals surface area contributed by atoms with Gasteiger partial charge in [-0.1, -0.05) is 48.0 Å². The van der Waals surface area contributed by atoms with Crippen molar-refractivity contribution < 1.29 is 14.3 Å². The van der Waals surface area contributed by atoms with Gasteiger partial charge >= 0.3 is 0 Å². The zero-order chi connectivity index (χ0) is 19.1. The summed E-state index contributed by atoms with van der Waals surface area (Å²) in [7, 11) is 0. The monoisotopic (exact) mass is 366 g/mol. The van der Waals surface area contributed by atoms with Crippen LogP contribution in [-0.2, 0) is 16.0 Å². The van der Waals surface area contributed by atoms with Crippen molar-refractivity contribution in [1.82, 2.24) is 10.2 Å². The van der Waals surface area contributed by atoms with E-state index in [1.54, 1.807) is 0 Å². The molecule has 0 atom stereocenters. The van der Waals surface area contributed by atoms with Crippen LogP contribution < -0.4 is 10.1 Å². The fourth-order valence-corrected chi connectivity index (χ4v) is 3.21. The van der Waals surface area contributed by atoms with Crippen LogP contribution in [0.2, 0.25) is 0 Å². The van der Waals surface area contributed by atoms with Gasteiger partial charge in [0.15, 0.2) is 6.61 Å². The SMILES string of the molecule is Cc1ccc(OCC(=O)NC2CCN(C(=O)Cc3ccccc3)CC2)cc1. The van der Waals surface area contributed by atoms with Gasteiger partial charge in [0.25, 0.3) is 5.91 Å². The number of benzene rings is 2. The number of hydrogen-bond acceptors (Lipinski definition) is 3. The lowest BCUT2D eigenvalue weighted by Gasteiger charge is -2.32. The first-order chi connectivity index (χ1) is 13.1. The van der Waals surface area contributed by atoms with E-state index in [0.29, 0.717) is 25.3 Å². The van der Waals surface area contributed by atoms with Crippen LogP contribution in [0.3, 0.4) is 0 Å². The average Bonchev–Trinajstić information content (AvgIpc) is 2.69. The second-order valence-electron chi connectivity index (χ2n) is 6.99. The highest BCUT2D eigenvalue weighted by atomic mass is 16.5. The molecule has 142 valence electrons. The number of piperidine rings is 1. The van der Waals surface area contributed by atoms with Crippen molar-refractivity contribution >= 4 is 11.8 Å². The summed E-state index contributed by atoms with van der Waals surface area (Å²) >= 11 is 0. The number of likely N-dealkylation sites (tertiary alicyclic amines) is 1. The van der Waals surface area contributed by atoms with E-state index in [-0.39, 0.29) is 24.5 Å². The highest BCUT2D eigenvalue weighted by Crippen LogP contribution is 2.14. The van der Waals surface area contributed by atoms with Gasteiger partial charge in [-0.25, -0.2) is 0 Å². The molecular weight excluding hydrogens is 340 g/mol. The molecule has 0 saturated carbocycles. The maximum atomic E-state index is 12.4. The van der Waals surface area contributed by atoms with Gasteiger partial charge in [0.1, 0.15) is 5.75 Å². The second-order valence-corrected chi connectivity index (χ2v) is 6.99. The zero-order valence-corrected chi connectivity index (χ0v) is 15.7. The Labute approximate surface area is 160 Å². The molecule has 0 unspecified atom stereocenters. The predicted octanol–water partition coefficient (Wildman–Crippen LogP) is 2.72. The molecule has 2 aromatic carbocycles. The third kappa shape index (κ3) is 5.84. The van der Waals surface area contributed by atoms with Crippen LogP contribution >= 0.6 is 0 Å². The molecule has 0 bridgehead atoms. The van der Waals surface area contributed by atoms with E-state index >= 15 is 0 Å². The average molecular weight is 366 g/mol. The molecule has 1 fully saturated rings. The summed E-state index contributed by atoms with van der Waals surface area (Å²) in [5.74, 6) is 0.718. The summed E-state index contributed by atoms with van der Waals surface area (Å²) in [6.07, 6.45) is 1.98. The number of nitrogens with one attached hydrogen (secondary N) is 1. The van der Waals surface area contributed by atoms with Crippen LogP contribution in [-0.4, -0.2) is 42.5 Å². The van der Waals surface area contributed by atoms with Gasteiger partial charge in [0, 0.05) is 19.1 Å². The smallest absolute Gasteiger partial charge is 0.258 e. The summed E-state index contributed by atoms with van der Waals surface area (Å²) in [5, 5.41) is 3.01. The molecule has 2 aromatic rings. The first kappa shape index (κ1) is 19.0. The molecule has 5 heteroatoms. The van der Waals surface area contributed by atoms with Gasteiger partial charge in [-0.3, -0.25) is 9.59 Å². The molecule has 1 aliphatic heterocycles. The Hall–Kier alpha value is -2.82. The van der Waals surface area contributed by atoms with Crippen LogP contribution in [0.5, 0.6) is 5.75 Å². The molecule has 0 radical (unpaired) electrons. The predicted molar refractivity (Wildman–Crippen MR) is 105 cm³/mol. The maximum absolute atomic E-state index is 12.4. The molecule has 1 heterocycles. The van der Waals surface area contributed by atoms with Crippen LogP contribution in [0.1, 0.15) is 24.0 Å². The molecule has 1 saturated heterocycles. The molecule has 27 heavy (non-hydrogen) atoms. The van der Waals surface area contributed by atoms with E-state index in [4.69, 9.17) is 4.74 Å². The van der Waals surface area contributed by atoms with Crippen molar-refractivity contribution in [3.63, 3.8) is 0 Å². The molecule has 1 N–H and O–H groups in total.